The zero-order valence-electron chi connectivity index (χ0n) is 12.3. The van der Waals surface area contributed by atoms with Gasteiger partial charge in [0.05, 0.1) is 23.8 Å². The second-order valence-corrected chi connectivity index (χ2v) is 4.88. The number of H-pyrrole nitrogens is 1. The van der Waals surface area contributed by atoms with Gasteiger partial charge in [-0.15, -0.1) is 0 Å². The van der Waals surface area contributed by atoms with E-state index in [-0.39, 0.29) is 0 Å². The predicted molar refractivity (Wildman–Crippen MR) is 82.3 cm³/mol. The summed E-state index contributed by atoms with van der Waals surface area (Å²) < 4.78 is 0. The molecule has 108 valence electrons. The van der Waals surface area contributed by atoms with Crippen LogP contribution in [0, 0.1) is 6.92 Å². The molecule has 7 nitrogen and oxygen atoms in total. The van der Waals surface area contributed by atoms with Gasteiger partial charge < -0.3 is 10.2 Å². The minimum atomic E-state index is 0.561. The largest absolute Gasteiger partial charge is 0.357 e. The molecule has 0 aliphatic carbocycles. The zero-order chi connectivity index (χ0) is 14.8. The summed E-state index contributed by atoms with van der Waals surface area (Å²) in [5.41, 5.74) is 2.72. The van der Waals surface area contributed by atoms with Crippen molar-refractivity contribution in [2.24, 2.45) is 0 Å². The van der Waals surface area contributed by atoms with Crippen LogP contribution in [0.3, 0.4) is 0 Å². The second kappa shape index (κ2) is 5.35. The van der Waals surface area contributed by atoms with E-state index in [0.717, 1.165) is 22.6 Å². The van der Waals surface area contributed by atoms with Gasteiger partial charge in [-0.25, -0.2) is 0 Å². The molecule has 0 aromatic carbocycles. The van der Waals surface area contributed by atoms with Crippen LogP contribution in [0.1, 0.15) is 11.4 Å². The van der Waals surface area contributed by atoms with Gasteiger partial charge in [0.25, 0.3) is 0 Å². The van der Waals surface area contributed by atoms with Gasteiger partial charge in [-0.2, -0.15) is 15.1 Å². The van der Waals surface area contributed by atoms with Crippen LogP contribution in [0.2, 0.25) is 0 Å². The number of hydrogen-bond donors (Lipinski definition) is 2. The van der Waals surface area contributed by atoms with Gasteiger partial charge in [0, 0.05) is 19.8 Å². The van der Waals surface area contributed by atoms with Gasteiger partial charge in [0.1, 0.15) is 5.82 Å². The molecule has 0 saturated heterocycles. The maximum absolute atomic E-state index is 4.53. The van der Waals surface area contributed by atoms with Crippen LogP contribution in [0.15, 0.2) is 24.4 Å². The number of anilines is 2. The van der Waals surface area contributed by atoms with Gasteiger partial charge in [-0.3, -0.25) is 10.1 Å². The highest BCUT2D eigenvalue weighted by atomic mass is 15.2. The zero-order valence-corrected chi connectivity index (χ0v) is 12.3. The molecule has 0 aliphatic rings. The number of pyridine rings is 1. The average molecular weight is 283 g/mol. The Labute approximate surface area is 122 Å². The van der Waals surface area contributed by atoms with Crippen LogP contribution >= 0.6 is 0 Å². The van der Waals surface area contributed by atoms with E-state index in [1.807, 2.05) is 37.1 Å². The molecule has 0 amide bonds. The van der Waals surface area contributed by atoms with E-state index in [1.165, 1.54) is 0 Å². The van der Waals surface area contributed by atoms with Crippen molar-refractivity contribution in [3.63, 3.8) is 0 Å². The summed E-state index contributed by atoms with van der Waals surface area (Å²) in [6, 6.07) is 6.01. The topological polar surface area (TPSA) is 82.6 Å². The highest BCUT2D eigenvalue weighted by Gasteiger charge is 2.13. The number of rotatable bonds is 4. The maximum Gasteiger partial charge on any atom is 0.226 e. The summed E-state index contributed by atoms with van der Waals surface area (Å²) in [5, 5.41) is 10.8. The first kappa shape index (κ1) is 13.3. The molecule has 21 heavy (non-hydrogen) atoms. The molecule has 0 atom stereocenters. The molecule has 7 heteroatoms. The minimum Gasteiger partial charge on any atom is -0.357 e. The van der Waals surface area contributed by atoms with E-state index in [1.54, 1.807) is 13.2 Å². The summed E-state index contributed by atoms with van der Waals surface area (Å²) in [6.07, 6.45) is 1.74. The van der Waals surface area contributed by atoms with Crippen LogP contribution in [0.5, 0.6) is 0 Å². The lowest BCUT2D eigenvalue weighted by Gasteiger charge is -2.19. The fourth-order valence-electron chi connectivity index (χ4n) is 2.23. The molecule has 3 aromatic heterocycles. The Morgan fingerprint density at radius 2 is 2.10 bits per heavy atom. The van der Waals surface area contributed by atoms with E-state index in [9.17, 15) is 0 Å². The van der Waals surface area contributed by atoms with Gasteiger partial charge in [-0.05, 0) is 19.1 Å². The maximum atomic E-state index is 4.53. The first-order valence-corrected chi connectivity index (χ1v) is 6.70. The van der Waals surface area contributed by atoms with Crippen LogP contribution in [-0.2, 0) is 6.54 Å². The Bertz CT molecular complexity index is 765. The van der Waals surface area contributed by atoms with Gasteiger partial charge in [0.2, 0.25) is 5.95 Å². The Hall–Kier alpha value is -2.70. The number of hydrogen-bond acceptors (Lipinski definition) is 6. The van der Waals surface area contributed by atoms with Crippen molar-refractivity contribution in [1.29, 1.82) is 0 Å². The third kappa shape index (κ3) is 2.62. The van der Waals surface area contributed by atoms with Crippen molar-refractivity contribution in [2.45, 2.75) is 13.5 Å². The molecule has 0 fully saturated rings. The van der Waals surface area contributed by atoms with E-state index >= 15 is 0 Å². The van der Waals surface area contributed by atoms with Gasteiger partial charge in [0.15, 0.2) is 5.65 Å². The summed E-state index contributed by atoms with van der Waals surface area (Å²) in [6.45, 7) is 2.66. The first-order valence-electron chi connectivity index (χ1n) is 6.70. The first-order chi connectivity index (χ1) is 10.2. The van der Waals surface area contributed by atoms with Gasteiger partial charge in [-0.1, -0.05) is 6.07 Å². The van der Waals surface area contributed by atoms with E-state index in [0.29, 0.717) is 18.1 Å². The fraction of sp³-hybridized carbons (Fsp3) is 0.286. The number of nitrogens with one attached hydrogen (secondary N) is 2. The van der Waals surface area contributed by atoms with Crippen LogP contribution in [0.4, 0.5) is 11.8 Å². The van der Waals surface area contributed by atoms with Crippen molar-refractivity contribution < 1.29 is 0 Å². The Kier molecular flexibility index (Phi) is 3.39. The molecular weight excluding hydrogens is 266 g/mol. The quantitative estimate of drug-likeness (QED) is 0.759. The van der Waals surface area contributed by atoms with Gasteiger partial charge >= 0.3 is 0 Å². The highest BCUT2D eigenvalue weighted by molar-refractivity contribution is 5.87. The van der Waals surface area contributed by atoms with Crippen molar-refractivity contribution in [3.05, 3.63) is 35.8 Å². The lowest BCUT2D eigenvalue weighted by atomic mass is 10.3. The van der Waals surface area contributed by atoms with Crippen molar-refractivity contribution in [1.82, 2.24) is 25.1 Å². The molecule has 0 spiro atoms. The minimum absolute atomic E-state index is 0.561. The summed E-state index contributed by atoms with van der Waals surface area (Å²) in [7, 11) is 3.78. The number of aryl methyl sites for hydroxylation is 1. The average Bonchev–Trinajstić information content (AvgIpc) is 2.94. The Morgan fingerprint density at radius 3 is 2.86 bits per heavy atom. The third-order valence-corrected chi connectivity index (χ3v) is 3.22. The molecule has 3 aromatic rings. The summed E-state index contributed by atoms with van der Waals surface area (Å²) in [4.78, 5) is 15.4. The lowest BCUT2D eigenvalue weighted by Crippen LogP contribution is -2.19. The molecule has 3 heterocycles. The van der Waals surface area contributed by atoms with Crippen molar-refractivity contribution in [3.8, 4) is 0 Å². The molecule has 3 rings (SSSR count). The molecule has 0 bridgehead atoms. The summed E-state index contributed by atoms with van der Waals surface area (Å²) >= 11 is 0. The SMILES string of the molecule is CNc1nc(N(C)Cc2cccc(C)n2)c2cn[nH]c2n1. The standard InChI is InChI=1S/C14H17N7/c1-9-5-4-6-10(17-9)8-21(3)13-11-7-16-20-12(11)18-14(15-2)19-13/h4-7H,8H2,1-3H3,(H2,15,16,18,19,20). The monoisotopic (exact) mass is 283 g/mol. The number of aromatic nitrogens is 5. The van der Waals surface area contributed by atoms with E-state index in [2.05, 4.69) is 30.5 Å². The van der Waals surface area contributed by atoms with Crippen LogP contribution in [0.25, 0.3) is 11.0 Å². The Balaban J connectivity index is 1.97. The van der Waals surface area contributed by atoms with Crippen LogP contribution < -0.4 is 10.2 Å². The third-order valence-electron chi connectivity index (χ3n) is 3.22. The predicted octanol–water partition coefficient (Wildman–Crippen LogP) is 1.73. The smallest absolute Gasteiger partial charge is 0.226 e. The van der Waals surface area contributed by atoms with E-state index in [4.69, 9.17) is 0 Å². The molecule has 0 unspecified atom stereocenters. The number of nitrogens with zero attached hydrogens (tertiary/aromatic N) is 5. The van der Waals surface area contributed by atoms with Crippen molar-refractivity contribution in [2.75, 3.05) is 24.3 Å². The second-order valence-electron chi connectivity index (χ2n) is 4.88. The van der Waals surface area contributed by atoms with Crippen LogP contribution in [-0.4, -0.2) is 39.2 Å². The molecule has 2 N–H and O–H groups in total. The Morgan fingerprint density at radius 1 is 1.24 bits per heavy atom. The normalized spacial score (nSPS) is 10.8. The number of fused-ring (bicyclic) bond motifs is 1. The summed E-state index contributed by atoms with van der Waals surface area (Å²) in [5.74, 6) is 1.38. The lowest BCUT2D eigenvalue weighted by molar-refractivity contribution is 0.862. The molecule has 0 aliphatic heterocycles. The van der Waals surface area contributed by atoms with E-state index < -0.39 is 0 Å². The molecular formula is C14H17N7. The molecule has 0 radical (unpaired) electrons. The molecule has 0 saturated carbocycles. The van der Waals surface area contributed by atoms with Crippen molar-refractivity contribution >= 4 is 22.8 Å². The highest BCUT2D eigenvalue weighted by Crippen LogP contribution is 2.23. The number of aromatic amines is 1. The fourth-order valence-corrected chi connectivity index (χ4v) is 2.23.